The number of rotatable bonds is 3. The maximum absolute atomic E-state index is 6.06. The molecule has 0 fully saturated rings. The maximum atomic E-state index is 6.06. The highest BCUT2D eigenvalue weighted by atomic mass is 79.9. The SMILES string of the molecule is Clc1ccccc1CSc1nc(Br)cs1. The predicted octanol–water partition coefficient (Wildman–Crippen LogP) is 4.85. The van der Waals surface area contributed by atoms with Crippen molar-refractivity contribution < 1.29 is 0 Å². The van der Waals surface area contributed by atoms with Gasteiger partial charge in [0.25, 0.3) is 0 Å². The van der Waals surface area contributed by atoms with Crippen LogP contribution in [-0.2, 0) is 5.75 Å². The van der Waals surface area contributed by atoms with Crippen LogP contribution in [0.5, 0.6) is 0 Å². The lowest BCUT2D eigenvalue weighted by Gasteiger charge is -2.00. The molecular formula is C10H7BrClNS2. The van der Waals surface area contributed by atoms with Crippen LogP contribution >= 0.6 is 50.6 Å². The fourth-order valence-corrected chi connectivity index (χ4v) is 3.72. The minimum atomic E-state index is 0.820. The largest absolute Gasteiger partial charge is 0.223 e. The van der Waals surface area contributed by atoms with Crippen molar-refractivity contribution in [3.8, 4) is 0 Å². The second-order valence-corrected chi connectivity index (χ2v) is 6.12. The lowest BCUT2D eigenvalue weighted by Crippen LogP contribution is -1.81. The Morgan fingerprint density at radius 2 is 2.20 bits per heavy atom. The molecular weight excluding hydrogens is 314 g/mol. The lowest BCUT2D eigenvalue weighted by atomic mass is 10.2. The van der Waals surface area contributed by atoms with E-state index in [1.165, 1.54) is 0 Å². The average Bonchev–Trinajstić information content (AvgIpc) is 2.63. The van der Waals surface area contributed by atoms with Gasteiger partial charge in [0.15, 0.2) is 4.34 Å². The molecule has 1 nitrogen and oxygen atoms in total. The molecule has 0 aliphatic heterocycles. The summed E-state index contributed by atoms with van der Waals surface area (Å²) in [6.07, 6.45) is 0. The number of thioether (sulfide) groups is 1. The Hall–Kier alpha value is -0.0300. The second kappa shape index (κ2) is 5.34. The van der Waals surface area contributed by atoms with E-state index in [0.29, 0.717) is 0 Å². The molecule has 2 rings (SSSR count). The first kappa shape index (κ1) is 11.5. The van der Waals surface area contributed by atoms with Crippen molar-refractivity contribution in [3.63, 3.8) is 0 Å². The molecule has 78 valence electrons. The van der Waals surface area contributed by atoms with Crippen molar-refractivity contribution in [3.05, 3.63) is 44.8 Å². The summed E-state index contributed by atoms with van der Waals surface area (Å²) in [6, 6.07) is 7.89. The molecule has 0 bridgehead atoms. The molecule has 0 amide bonds. The van der Waals surface area contributed by atoms with E-state index in [0.717, 1.165) is 25.3 Å². The van der Waals surface area contributed by atoms with Gasteiger partial charge in [0.1, 0.15) is 4.60 Å². The summed E-state index contributed by atoms with van der Waals surface area (Å²) >= 11 is 12.7. The first-order valence-electron chi connectivity index (χ1n) is 4.23. The van der Waals surface area contributed by atoms with Crippen LogP contribution in [0.3, 0.4) is 0 Å². The monoisotopic (exact) mass is 319 g/mol. The molecule has 0 saturated heterocycles. The van der Waals surface area contributed by atoms with Crippen LogP contribution in [0.4, 0.5) is 0 Å². The topological polar surface area (TPSA) is 12.9 Å². The molecule has 1 aromatic carbocycles. The third kappa shape index (κ3) is 3.21. The highest BCUT2D eigenvalue weighted by Gasteiger charge is 2.03. The molecule has 15 heavy (non-hydrogen) atoms. The van der Waals surface area contributed by atoms with Crippen molar-refractivity contribution in [2.24, 2.45) is 0 Å². The van der Waals surface area contributed by atoms with E-state index in [-0.39, 0.29) is 0 Å². The molecule has 0 aliphatic carbocycles. The Labute approximate surface area is 110 Å². The fraction of sp³-hybridized carbons (Fsp3) is 0.100. The predicted molar refractivity (Wildman–Crippen MR) is 70.8 cm³/mol. The third-order valence-corrected chi connectivity index (χ3v) is 4.91. The van der Waals surface area contributed by atoms with Gasteiger partial charge in [0.05, 0.1) is 0 Å². The van der Waals surface area contributed by atoms with E-state index >= 15 is 0 Å². The maximum Gasteiger partial charge on any atom is 0.151 e. The van der Waals surface area contributed by atoms with Crippen molar-refractivity contribution >= 4 is 50.6 Å². The summed E-state index contributed by atoms with van der Waals surface area (Å²) in [4.78, 5) is 4.31. The Kier molecular flexibility index (Phi) is 4.08. The number of nitrogens with zero attached hydrogens (tertiary/aromatic N) is 1. The Bertz CT molecular complexity index is 458. The number of thiazole rings is 1. The zero-order valence-electron chi connectivity index (χ0n) is 7.61. The minimum absolute atomic E-state index is 0.820. The van der Waals surface area contributed by atoms with Gasteiger partial charge in [-0.15, -0.1) is 11.3 Å². The minimum Gasteiger partial charge on any atom is -0.223 e. The normalized spacial score (nSPS) is 10.5. The first-order valence-corrected chi connectivity index (χ1v) is 7.26. The van der Waals surface area contributed by atoms with Crippen molar-refractivity contribution in [1.82, 2.24) is 4.98 Å². The van der Waals surface area contributed by atoms with Crippen molar-refractivity contribution in [2.75, 3.05) is 0 Å². The fourth-order valence-electron chi connectivity index (χ4n) is 1.06. The van der Waals surface area contributed by atoms with Gasteiger partial charge in [-0.3, -0.25) is 0 Å². The highest BCUT2D eigenvalue weighted by molar-refractivity contribution is 9.10. The molecule has 5 heteroatoms. The van der Waals surface area contributed by atoms with Crippen LogP contribution in [-0.4, -0.2) is 4.98 Å². The van der Waals surface area contributed by atoms with Gasteiger partial charge < -0.3 is 0 Å². The van der Waals surface area contributed by atoms with Gasteiger partial charge in [0, 0.05) is 16.2 Å². The van der Waals surface area contributed by atoms with Gasteiger partial charge in [0.2, 0.25) is 0 Å². The molecule has 0 atom stereocenters. The molecule has 0 unspecified atom stereocenters. The van der Waals surface area contributed by atoms with Crippen LogP contribution in [0.15, 0.2) is 38.6 Å². The molecule has 0 spiro atoms. The molecule has 1 aromatic heterocycles. The van der Waals surface area contributed by atoms with E-state index in [1.54, 1.807) is 23.1 Å². The number of halogens is 2. The number of aromatic nitrogens is 1. The van der Waals surface area contributed by atoms with Crippen LogP contribution in [0.1, 0.15) is 5.56 Å². The van der Waals surface area contributed by atoms with E-state index in [9.17, 15) is 0 Å². The average molecular weight is 321 g/mol. The van der Waals surface area contributed by atoms with E-state index in [1.807, 2.05) is 29.6 Å². The zero-order valence-corrected chi connectivity index (χ0v) is 11.6. The molecule has 0 aliphatic rings. The molecule has 2 aromatic rings. The summed E-state index contributed by atoms with van der Waals surface area (Å²) in [7, 11) is 0. The van der Waals surface area contributed by atoms with Crippen molar-refractivity contribution in [1.29, 1.82) is 0 Å². The zero-order chi connectivity index (χ0) is 10.7. The number of benzene rings is 1. The molecule has 0 N–H and O–H groups in total. The van der Waals surface area contributed by atoms with Gasteiger partial charge in [-0.1, -0.05) is 41.6 Å². The van der Waals surface area contributed by atoms with Gasteiger partial charge in [-0.2, -0.15) is 0 Å². The van der Waals surface area contributed by atoms with Crippen LogP contribution in [0.2, 0.25) is 5.02 Å². The summed E-state index contributed by atoms with van der Waals surface area (Å²) in [5.74, 6) is 0.861. The molecule has 0 radical (unpaired) electrons. The summed E-state index contributed by atoms with van der Waals surface area (Å²) < 4.78 is 1.95. The van der Waals surface area contributed by atoms with Gasteiger partial charge in [-0.25, -0.2) is 4.98 Å². The Balaban J connectivity index is 2.02. The van der Waals surface area contributed by atoms with E-state index in [2.05, 4.69) is 20.9 Å². The summed E-state index contributed by atoms with van der Waals surface area (Å²) in [6.45, 7) is 0. The Morgan fingerprint density at radius 1 is 1.40 bits per heavy atom. The summed E-state index contributed by atoms with van der Waals surface area (Å²) in [5.41, 5.74) is 1.15. The lowest BCUT2D eigenvalue weighted by molar-refractivity contribution is 1.21. The smallest absolute Gasteiger partial charge is 0.151 e. The quantitative estimate of drug-likeness (QED) is 0.750. The highest BCUT2D eigenvalue weighted by Crippen LogP contribution is 2.29. The standard InChI is InChI=1S/C10H7BrClNS2/c11-9-6-15-10(13-9)14-5-7-3-1-2-4-8(7)12/h1-4,6H,5H2. The molecule has 1 heterocycles. The van der Waals surface area contributed by atoms with Gasteiger partial charge in [-0.05, 0) is 27.6 Å². The Morgan fingerprint density at radius 3 is 2.87 bits per heavy atom. The molecule has 0 saturated carbocycles. The first-order chi connectivity index (χ1) is 7.25. The number of hydrogen-bond donors (Lipinski definition) is 0. The van der Waals surface area contributed by atoms with E-state index < -0.39 is 0 Å². The van der Waals surface area contributed by atoms with Crippen LogP contribution < -0.4 is 0 Å². The third-order valence-electron chi connectivity index (χ3n) is 1.76. The van der Waals surface area contributed by atoms with Gasteiger partial charge >= 0.3 is 0 Å². The number of hydrogen-bond acceptors (Lipinski definition) is 3. The van der Waals surface area contributed by atoms with E-state index in [4.69, 9.17) is 11.6 Å². The summed E-state index contributed by atoms with van der Waals surface area (Å²) in [5, 5.41) is 2.80. The van der Waals surface area contributed by atoms with Crippen molar-refractivity contribution in [2.45, 2.75) is 10.1 Å². The van der Waals surface area contributed by atoms with Crippen LogP contribution in [0, 0.1) is 0 Å². The van der Waals surface area contributed by atoms with Crippen LogP contribution in [0.25, 0.3) is 0 Å². The second-order valence-electron chi connectivity index (χ2n) is 2.82.